The van der Waals surface area contributed by atoms with Crippen LogP contribution in [0.3, 0.4) is 0 Å². The number of carbonyl (C=O) groups excluding carboxylic acids is 1. The van der Waals surface area contributed by atoms with Crippen LogP contribution in [0.25, 0.3) is 11.4 Å². The average Bonchev–Trinajstić information content (AvgIpc) is 3.04. The number of nitro groups is 1. The van der Waals surface area contributed by atoms with Crippen molar-refractivity contribution < 1.29 is 9.72 Å². The fourth-order valence-corrected chi connectivity index (χ4v) is 2.76. The van der Waals surface area contributed by atoms with Gasteiger partial charge in [0.25, 0.3) is 5.69 Å². The summed E-state index contributed by atoms with van der Waals surface area (Å²) in [7, 11) is 0. The van der Waals surface area contributed by atoms with Gasteiger partial charge in [-0.05, 0) is 0 Å². The van der Waals surface area contributed by atoms with Crippen LogP contribution < -0.4 is 5.32 Å². The molecule has 0 bridgehead atoms. The molecule has 0 saturated carbocycles. The molecule has 3 rings (SSSR count). The van der Waals surface area contributed by atoms with E-state index in [1.807, 2.05) is 30.3 Å². The van der Waals surface area contributed by atoms with Gasteiger partial charge in [0.2, 0.25) is 11.0 Å². The summed E-state index contributed by atoms with van der Waals surface area (Å²) in [6.45, 7) is 0. The van der Waals surface area contributed by atoms with Crippen molar-refractivity contribution >= 4 is 28.3 Å². The third kappa shape index (κ3) is 3.61. The fraction of sp³-hybridized carbons (Fsp3) is 0.0625. The second-order valence-corrected chi connectivity index (χ2v) is 5.65. The minimum absolute atomic E-state index is 0.0742. The molecule has 3 aromatic rings. The van der Waals surface area contributed by atoms with E-state index >= 15 is 0 Å². The van der Waals surface area contributed by atoms with Crippen LogP contribution in [0.2, 0.25) is 0 Å². The topological polar surface area (TPSA) is 98.0 Å². The van der Waals surface area contributed by atoms with Crippen molar-refractivity contribution in [1.82, 2.24) is 9.36 Å². The van der Waals surface area contributed by atoms with Gasteiger partial charge >= 0.3 is 0 Å². The zero-order chi connectivity index (χ0) is 16.9. The number of para-hydroxylation sites is 1. The van der Waals surface area contributed by atoms with Crippen LogP contribution >= 0.6 is 11.5 Å². The van der Waals surface area contributed by atoms with Crippen LogP contribution in [0, 0.1) is 10.1 Å². The Morgan fingerprint density at radius 2 is 1.83 bits per heavy atom. The van der Waals surface area contributed by atoms with Gasteiger partial charge in [-0.1, -0.05) is 48.5 Å². The summed E-state index contributed by atoms with van der Waals surface area (Å²) in [6.07, 6.45) is -0.0998. The van der Waals surface area contributed by atoms with E-state index in [-0.39, 0.29) is 18.0 Å². The van der Waals surface area contributed by atoms with E-state index in [0.717, 1.165) is 17.1 Å². The van der Waals surface area contributed by atoms with Crippen molar-refractivity contribution in [2.24, 2.45) is 0 Å². The van der Waals surface area contributed by atoms with Crippen LogP contribution in [-0.2, 0) is 11.2 Å². The predicted molar refractivity (Wildman–Crippen MR) is 90.8 cm³/mol. The van der Waals surface area contributed by atoms with Crippen LogP contribution in [-0.4, -0.2) is 20.2 Å². The van der Waals surface area contributed by atoms with Crippen molar-refractivity contribution in [3.05, 3.63) is 70.3 Å². The lowest BCUT2D eigenvalue weighted by atomic mass is 10.1. The number of nitrogens with zero attached hydrogens (tertiary/aromatic N) is 3. The molecule has 0 spiro atoms. The Morgan fingerprint density at radius 1 is 1.12 bits per heavy atom. The van der Waals surface area contributed by atoms with E-state index in [1.54, 1.807) is 18.2 Å². The molecule has 1 N–H and O–H groups in total. The smallest absolute Gasteiger partial charge is 0.273 e. The lowest BCUT2D eigenvalue weighted by molar-refractivity contribution is -0.385. The third-order valence-corrected chi connectivity index (χ3v) is 3.87. The van der Waals surface area contributed by atoms with Crippen molar-refractivity contribution in [3.8, 4) is 11.4 Å². The summed E-state index contributed by atoms with van der Waals surface area (Å²) >= 11 is 1.07. The van der Waals surface area contributed by atoms with E-state index in [4.69, 9.17) is 0 Å². The highest BCUT2D eigenvalue weighted by atomic mass is 32.1. The van der Waals surface area contributed by atoms with Crippen molar-refractivity contribution in [2.45, 2.75) is 6.42 Å². The van der Waals surface area contributed by atoms with Gasteiger partial charge in [0.15, 0.2) is 5.82 Å². The Bertz CT molecular complexity index is 880. The normalized spacial score (nSPS) is 10.3. The second kappa shape index (κ2) is 6.97. The number of hydrogen-bond donors (Lipinski definition) is 1. The summed E-state index contributed by atoms with van der Waals surface area (Å²) in [5.41, 5.74) is 1.13. The first-order valence-electron chi connectivity index (χ1n) is 7.05. The van der Waals surface area contributed by atoms with E-state index in [2.05, 4.69) is 14.7 Å². The largest absolute Gasteiger partial charge is 0.300 e. The summed E-state index contributed by atoms with van der Waals surface area (Å²) in [5.74, 6) is 0.154. The number of anilines is 1. The van der Waals surface area contributed by atoms with Gasteiger partial charge in [0.05, 0.1) is 11.3 Å². The van der Waals surface area contributed by atoms with Crippen LogP contribution in [0.15, 0.2) is 54.6 Å². The molecule has 2 aromatic carbocycles. The zero-order valence-electron chi connectivity index (χ0n) is 12.4. The molecule has 1 aromatic heterocycles. The number of hydrogen-bond acceptors (Lipinski definition) is 6. The standard InChI is InChI=1S/C16H12N4O3S/c21-14(10-12-8-4-5-9-13(12)20(22)23)17-16-18-15(19-24-16)11-6-2-1-3-7-11/h1-9H,10H2,(H,17,18,19,21). The van der Waals surface area contributed by atoms with Crippen molar-refractivity contribution in [3.63, 3.8) is 0 Å². The maximum atomic E-state index is 12.1. The maximum absolute atomic E-state index is 12.1. The van der Waals surface area contributed by atoms with Crippen LogP contribution in [0.4, 0.5) is 10.8 Å². The number of benzene rings is 2. The summed E-state index contributed by atoms with van der Waals surface area (Å²) < 4.78 is 4.20. The number of amides is 1. The number of nitro benzene ring substituents is 1. The SMILES string of the molecule is O=C(Cc1ccccc1[N+](=O)[O-])Nc1nc(-c2ccccc2)ns1. The molecular weight excluding hydrogens is 328 g/mol. The van der Waals surface area contributed by atoms with Gasteiger partial charge in [-0.2, -0.15) is 9.36 Å². The highest BCUT2D eigenvalue weighted by molar-refractivity contribution is 7.10. The lowest BCUT2D eigenvalue weighted by Crippen LogP contribution is -2.15. The van der Waals surface area contributed by atoms with Gasteiger partial charge in [0.1, 0.15) is 0 Å². The lowest BCUT2D eigenvalue weighted by Gasteiger charge is -2.02. The molecule has 8 heteroatoms. The number of rotatable bonds is 5. The Labute approximate surface area is 141 Å². The molecule has 0 aliphatic carbocycles. The van der Waals surface area contributed by atoms with Gasteiger partial charge in [-0.3, -0.25) is 14.9 Å². The van der Waals surface area contributed by atoms with Gasteiger partial charge in [0, 0.05) is 28.7 Å². The molecule has 0 saturated heterocycles. The Kier molecular flexibility index (Phi) is 4.57. The fourth-order valence-electron chi connectivity index (χ4n) is 2.15. The Balaban J connectivity index is 1.70. The minimum atomic E-state index is -0.499. The van der Waals surface area contributed by atoms with E-state index in [1.165, 1.54) is 6.07 Å². The Morgan fingerprint density at radius 3 is 2.58 bits per heavy atom. The second-order valence-electron chi connectivity index (χ2n) is 4.90. The van der Waals surface area contributed by atoms with E-state index < -0.39 is 4.92 Å². The first-order valence-corrected chi connectivity index (χ1v) is 7.82. The maximum Gasteiger partial charge on any atom is 0.273 e. The minimum Gasteiger partial charge on any atom is -0.300 e. The molecule has 0 aliphatic rings. The zero-order valence-corrected chi connectivity index (χ0v) is 13.2. The van der Waals surface area contributed by atoms with Gasteiger partial charge < -0.3 is 5.32 Å². The third-order valence-electron chi connectivity index (χ3n) is 3.24. The molecule has 0 aliphatic heterocycles. The molecule has 0 radical (unpaired) electrons. The van der Waals surface area contributed by atoms with Crippen LogP contribution in [0.1, 0.15) is 5.56 Å². The van der Waals surface area contributed by atoms with E-state index in [9.17, 15) is 14.9 Å². The van der Waals surface area contributed by atoms with Crippen molar-refractivity contribution in [2.75, 3.05) is 5.32 Å². The Hall–Kier alpha value is -3.13. The van der Waals surface area contributed by atoms with Gasteiger partial charge in [-0.15, -0.1) is 0 Å². The monoisotopic (exact) mass is 340 g/mol. The first kappa shape index (κ1) is 15.8. The average molecular weight is 340 g/mol. The molecule has 24 heavy (non-hydrogen) atoms. The molecular formula is C16H12N4O3S. The van der Waals surface area contributed by atoms with Crippen LogP contribution in [0.5, 0.6) is 0 Å². The molecule has 1 heterocycles. The number of carbonyl (C=O) groups is 1. The highest BCUT2D eigenvalue weighted by Crippen LogP contribution is 2.22. The molecule has 0 unspecified atom stereocenters. The molecule has 7 nitrogen and oxygen atoms in total. The summed E-state index contributed by atoms with van der Waals surface area (Å²) in [6, 6.07) is 15.6. The first-order chi connectivity index (χ1) is 11.6. The van der Waals surface area contributed by atoms with Gasteiger partial charge in [-0.25, -0.2) is 0 Å². The molecule has 120 valence electrons. The van der Waals surface area contributed by atoms with Crippen molar-refractivity contribution in [1.29, 1.82) is 0 Å². The quantitative estimate of drug-likeness (QED) is 0.567. The summed E-state index contributed by atoms with van der Waals surface area (Å²) in [5, 5.41) is 14.0. The molecule has 0 fully saturated rings. The highest BCUT2D eigenvalue weighted by Gasteiger charge is 2.16. The summed E-state index contributed by atoms with van der Waals surface area (Å²) in [4.78, 5) is 26.8. The number of nitrogens with one attached hydrogen (secondary N) is 1. The molecule has 0 atom stereocenters. The molecule has 1 amide bonds. The predicted octanol–water partition coefficient (Wildman–Crippen LogP) is 3.29. The number of aromatic nitrogens is 2. The van der Waals surface area contributed by atoms with E-state index in [0.29, 0.717) is 16.5 Å².